The van der Waals surface area contributed by atoms with E-state index in [-0.39, 0.29) is 11.9 Å². The maximum absolute atomic E-state index is 12.3. The molecular weight excluding hydrogens is 392 g/mol. The molecule has 1 N–H and O–H groups in total. The minimum Gasteiger partial charge on any atom is -0.345 e. The molecule has 6 heteroatoms. The Morgan fingerprint density at radius 1 is 1.23 bits per heavy atom. The van der Waals surface area contributed by atoms with Gasteiger partial charge in [0.25, 0.3) is 5.91 Å². The first-order valence-corrected chi connectivity index (χ1v) is 10.8. The maximum Gasteiger partial charge on any atom is 0.252 e. The molecular formula is C24H20N4OS. The van der Waals surface area contributed by atoms with Crippen LogP contribution in [0.2, 0.25) is 0 Å². The number of hydrogen-bond acceptors (Lipinski definition) is 4. The van der Waals surface area contributed by atoms with Gasteiger partial charge < -0.3 is 5.32 Å². The van der Waals surface area contributed by atoms with Crippen LogP contribution in [0.1, 0.15) is 47.3 Å². The highest BCUT2D eigenvalue weighted by Gasteiger charge is 2.29. The molecule has 0 saturated carbocycles. The third-order valence-corrected chi connectivity index (χ3v) is 6.90. The van der Waals surface area contributed by atoms with Crippen LogP contribution in [0.3, 0.4) is 0 Å². The number of nitrogens with zero attached hydrogens (tertiary/aromatic N) is 3. The fraction of sp³-hybridized carbons (Fsp3) is 0.208. The first-order chi connectivity index (χ1) is 14.6. The number of fused-ring (bicyclic) bond motifs is 2. The lowest BCUT2D eigenvalue weighted by Gasteiger charge is -2.11. The number of carbonyl (C=O) groups excluding carboxylic acids is 1. The smallest absolute Gasteiger partial charge is 0.252 e. The molecule has 1 amide bonds. The number of thiophene rings is 1. The van der Waals surface area contributed by atoms with Crippen molar-refractivity contribution in [3.8, 4) is 27.8 Å². The van der Waals surface area contributed by atoms with Crippen LogP contribution in [-0.2, 0) is 7.05 Å². The van der Waals surface area contributed by atoms with Crippen molar-refractivity contribution in [3.63, 3.8) is 0 Å². The molecule has 0 bridgehead atoms. The highest BCUT2D eigenvalue weighted by molar-refractivity contribution is 7.22. The Hall–Kier alpha value is -3.43. The number of amides is 1. The first kappa shape index (κ1) is 18.6. The van der Waals surface area contributed by atoms with E-state index in [9.17, 15) is 10.1 Å². The molecule has 5 nitrogen and oxygen atoms in total. The maximum atomic E-state index is 12.3. The van der Waals surface area contributed by atoms with Crippen LogP contribution in [0.15, 0.2) is 48.7 Å². The number of aryl methyl sites for hydroxylation is 1. The largest absolute Gasteiger partial charge is 0.345 e. The summed E-state index contributed by atoms with van der Waals surface area (Å²) in [4.78, 5) is 13.2. The van der Waals surface area contributed by atoms with Gasteiger partial charge in [-0.1, -0.05) is 37.6 Å². The molecule has 1 unspecified atom stereocenters. The molecule has 2 aromatic carbocycles. The summed E-state index contributed by atoms with van der Waals surface area (Å²) in [5.41, 5.74) is 5.39. The van der Waals surface area contributed by atoms with Crippen LogP contribution in [-0.4, -0.2) is 15.7 Å². The van der Waals surface area contributed by atoms with Crippen molar-refractivity contribution >= 4 is 27.3 Å². The Morgan fingerprint density at radius 2 is 2.07 bits per heavy atom. The van der Waals surface area contributed by atoms with Crippen molar-refractivity contribution in [1.82, 2.24) is 15.1 Å². The summed E-state index contributed by atoms with van der Waals surface area (Å²) in [5, 5.41) is 18.5. The van der Waals surface area contributed by atoms with E-state index in [1.807, 2.05) is 54.3 Å². The molecule has 0 radical (unpaired) electrons. The Balaban J connectivity index is 1.69. The van der Waals surface area contributed by atoms with Crippen molar-refractivity contribution < 1.29 is 4.79 Å². The number of hydrogen-bond donors (Lipinski definition) is 1. The third-order valence-electron chi connectivity index (χ3n) is 5.73. The molecule has 1 aliphatic rings. The molecule has 0 saturated heterocycles. The first-order valence-electron chi connectivity index (χ1n) is 10.0. The van der Waals surface area contributed by atoms with Crippen molar-refractivity contribution in [2.24, 2.45) is 7.05 Å². The van der Waals surface area contributed by atoms with Crippen molar-refractivity contribution in [3.05, 3.63) is 65.4 Å². The standard InChI is InChI=1S/C24H20N4OS/c1-3-6-20-17-11-14(9-10-16(17)24(29)27-20)19-13-26-28(2)22(19)23-18(12-25)15-7-4-5-8-21(15)30-23/h4-5,7-11,13,20H,3,6H2,1-2H3,(H,27,29). The van der Waals surface area contributed by atoms with E-state index in [2.05, 4.69) is 29.5 Å². The summed E-state index contributed by atoms with van der Waals surface area (Å²) >= 11 is 1.61. The van der Waals surface area contributed by atoms with E-state index in [0.717, 1.165) is 55.8 Å². The van der Waals surface area contributed by atoms with Gasteiger partial charge in [-0.15, -0.1) is 11.3 Å². The SMILES string of the molecule is CCCC1NC(=O)c2ccc(-c3cnn(C)c3-c3sc4ccccc4c3C#N)cc21. The zero-order chi connectivity index (χ0) is 20.8. The molecule has 0 aliphatic carbocycles. The van der Waals surface area contributed by atoms with E-state index < -0.39 is 0 Å². The lowest BCUT2D eigenvalue weighted by atomic mass is 9.95. The molecule has 148 valence electrons. The summed E-state index contributed by atoms with van der Waals surface area (Å²) in [6, 6.07) is 16.4. The summed E-state index contributed by atoms with van der Waals surface area (Å²) in [6.45, 7) is 2.12. The lowest BCUT2D eigenvalue weighted by molar-refractivity contribution is 0.0955. The van der Waals surface area contributed by atoms with Crippen LogP contribution >= 0.6 is 11.3 Å². The number of rotatable bonds is 4. The molecule has 0 fully saturated rings. The zero-order valence-corrected chi connectivity index (χ0v) is 17.6. The average Bonchev–Trinajstić information content (AvgIpc) is 3.41. The predicted octanol–water partition coefficient (Wildman–Crippen LogP) is 5.43. The van der Waals surface area contributed by atoms with Gasteiger partial charge in [0.2, 0.25) is 0 Å². The highest BCUT2D eigenvalue weighted by Crippen LogP contribution is 2.43. The topological polar surface area (TPSA) is 70.7 Å². The van der Waals surface area contributed by atoms with Gasteiger partial charge in [0.05, 0.1) is 28.4 Å². The predicted molar refractivity (Wildman–Crippen MR) is 119 cm³/mol. The second-order valence-electron chi connectivity index (χ2n) is 7.56. The second kappa shape index (κ2) is 7.12. The Bertz CT molecular complexity index is 1340. The minimum absolute atomic E-state index is 0.00215. The van der Waals surface area contributed by atoms with Crippen molar-refractivity contribution in [2.45, 2.75) is 25.8 Å². The van der Waals surface area contributed by atoms with Gasteiger partial charge in [-0.2, -0.15) is 10.4 Å². The number of carbonyl (C=O) groups is 1. The molecule has 1 atom stereocenters. The number of benzene rings is 2. The highest BCUT2D eigenvalue weighted by atomic mass is 32.1. The van der Waals surface area contributed by atoms with Gasteiger partial charge in [0.1, 0.15) is 6.07 Å². The van der Waals surface area contributed by atoms with Gasteiger partial charge in [-0.25, -0.2) is 0 Å². The normalized spacial score (nSPS) is 15.2. The molecule has 5 rings (SSSR count). The molecule has 3 heterocycles. The zero-order valence-electron chi connectivity index (χ0n) is 16.8. The van der Waals surface area contributed by atoms with Crippen LogP contribution in [0.25, 0.3) is 31.8 Å². The molecule has 30 heavy (non-hydrogen) atoms. The Labute approximate surface area is 178 Å². The molecule has 4 aromatic rings. The van der Waals surface area contributed by atoms with Gasteiger partial charge in [0, 0.05) is 28.3 Å². The number of nitriles is 1. The molecule has 2 aromatic heterocycles. The van der Waals surface area contributed by atoms with Gasteiger partial charge >= 0.3 is 0 Å². The fourth-order valence-corrected chi connectivity index (χ4v) is 5.54. The average molecular weight is 413 g/mol. The summed E-state index contributed by atoms with van der Waals surface area (Å²) in [5.74, 6) is -0.00215. The van der Waals surface area contributed by atoms with Crippen LogP contribution in [0.4, 0.5) is 0 Å². The van der Waals surface area contributed by atoms with E-state index in [1.54, 1.807) is 11.3 Å². The Morgan fingerprint density at radius 3 is 2.87 bits per heavy atom. The number of aromatic nitrogens is 2. The fourth-order valence-electron chi connectivity index (χ4n) is 4.30. The van der Waals surface area contributed by atoms with E-state index in [4.69, 9.17) is 0 Å². The second-order valence-corrected chi connectivity index (χ2v) is 8.61. The van der Waals surface area contributed by atoms with Gasteiger partial charge in [-0.3, -0.25) is 9.48 Å². The monoisotopic (exact) mass is 412 g/mol. The van der Waals surface area contributed by atoms with E-state index in [0.29, 0.717) is 5.56 Å². The molecule has 1 aliphatic heterocycles. The van der Waals surface area contributed by atoms with Crippen molar-refractivity contribution in [1.29, 1.82) is 5.26 Å². The van der Waals surface area contributed by atoms with Gasteiger partial charge in [-0.05, 0) is 35.7 Å². The lowest BCUT2D eigenvalue weighted by Crippen LogP contribution is -2.18. The van der Waals surface area contributed by atoms with Crippen LogP contribution in [0.5, 0.6) is 0 Å². The van der Waals surface area contributed by atoms with E-state index in [1.165, 1.54) is 0 Å². The third kappa shape index (κ3) is 2.74. The Kier molecular flexibility index (Phi) is 4.41. The molecule has 0 spiro atoms. The van der Waals surface area contributed by atoms with Gasteiger partial charge in [0.15, 0.2) is 0 Å². The van der Waals surface area contributed by atoms with Crippen LogP contribution < -0.4 is 5.32 Å². The minimum atomic E-state index is -0.00215. The summed E-state index contributed by atoms with van der Waals surface area (Å²) in [6.07, 6.45) is 3.76. The summed E-state index contributed by atoms with van der Waals surface area (Å²) in [7, 11) is 1.91. The quantitative estimate of drug-likeness (QED) is 0.486. The van der Waals surface area contributed by atoms with Crippen LogP contribution in [0, 0.1) is 11.3 Å². The van der Waals surface area contributed by atoms with E-state index >= 15 is 0 Å². The summed E-state index contributed by atoms with van der Waals surface area (Å²) < 4.78 is 2.92. The van der Waals surface area contributed by atoms with Crippen molar-refractivity contribution in [2.75, 3.05) is 0 Å². The number of nitrogens with one attached hydrogen (secondary N) is 1.